The van der Waals surface area contributed by atoms with Gasteiger partial charge < -0.3 is 9.64 Å². The number of hydrogen-bond donors (Lipinski definition) is 1. The van der Waals surface area contributed by atoms with Crippen molar-refractivity contribution in [2.45, 2.75) is 46.7 Å². The van der Waals surface area contributed by atoms with Crippen LogP contribution in [0.5, 0.6) is 0 Å². The molecule has 0 heterocycles. The van der Waals surface area contributed by atoms with Crippen molar-refractivity contribution in [3.05, 3.63) is 0 Å². The first kappa shape index (κ1) is 17.6. The lowest BCUT2D eigenvalue weighted by Gasteiger charge is -2.26. The number of nitriles is 1. The van der Waals surface area contributed by atoms with Crippen LogP contribution in [0.25, 0.3) is 0 Å². The Morgan fingerprint density at radius 1 is 1.37 bits per heavy atom. The number of hydrogen-bond acceptors (Lipinski definition) is 4. The number of ether oxygens (including phenoxy) is 1. The zero-order valence-electron chi connectivity index (χ0n) is 12.6. The first-order valence-corrected chi connectivity index (χ1v) is 6.85. The van der Waals surface area contributed by atoms with Crippen LogP contribution in [-0.4, -0.2) is 44.0 Å². The SMILES string of the molecule is CCOC(=O)[C@@H](C#N)C=NCC[NH+](C(C)C)C(C)C. The highest BCUT2D eigenvalue weighted by atomic mass is 16.5. The molecule has 0 aliphatic heterocycles. The van der Waals surface area contributed by atoms with E-state index in [0.29, 0.717) is 18.6 Å². The van der Waals surface area contributed by atoms with Gasteiger partial charge in [0.05, 0.1) is 37.8 Å². The molecule has 0 aliphatic rings. The maximum atomic E-state index is 11.4. The number of esters is 1. The van der Waals surface area contributed by atoms with Gasteiger partial charge in [-0.05, 0) is 34.6 Å². The van der Waals surface area contributed by atoms with Gasteiger partial charge in [0.1, 0.15) is 0 Å². The van der Waals surface area contributed by atoms with Crippen molar-refractivity contribution in [3.8, 4) is 6.07 Å². The molecule has 108 valence electrons. The molecule has 0 aromatic rings. The van der Waals surface area contributed by atoms with Gasteiger partial charge in [-0.1, -0.05) is 0 Å². The molecule has 1 N–H and O–H groups in total. The van der Waals surface area contributed by atoms with Crippen molar-refractivity contribution in [1.29, 1.82) is 5.26 Å². The van der Waals surface area contributed by atoms with Gasteiger partial charge in [0.15, 0.2) is 5.92 Å². The van der Waals surface area contributed by atoms with E-state index in [0.717, 1.165) is 6.54 Å². The fourth-order valence-electron chi connectivity index (χ4n) is 2.00. The van der Waals surface area contributed by atoms with Crippen LogP contribution in [0.15, 0.2) is 4.99 Å². The van der Waals surface area contributed by atoms with Crippen molar-refractivity contribution in [1.82, 2.24) is 0 Å². The Kier molecular flexibility index (Phi) is 8.81. The standard InChI is InChI=1S/C14H25N3O2/c1-6-19-14(18)13(9-15)10-16-7-8-17(11(2)3)12(4)5/h10-13H,6-8H2,1-5H3/p+1/t13-/m0/s1. The summed E-state index contributed by atoms with van der Waals surface area (Å²) < 4.78 is 4.79. The summed E-state index contributed by atoms with van der Waals surface area (Å²) in [7, 11) is 0. The molecule has 0 rings (SSSR count). The lowest BCUT2D eigenvalue weighted by atomic mass is 10.2. The van der Waals surface area contributed by atoms with Crippen LogP contribution < -0.4 is 4.90 Å². The normalized spacial score (nSPS) is 13.2. The van der Waals surface area contributed by atoms with Gasteiger partial charge in [-0.25, -0.2) is 0 Å². The number of quaternary nitrogens is 1. The van der Waals surface area contributed by atoms with Gasteiger partial charge in [0.25, 0.3) is 0 Å². The van der Waals surface area contributed by atoms with E-state index in [1.807, 2.05) is 6.07 Å². The molecule has 0 aliphatic carbocycles. The highest BCUT2D eigenvalue weighted by Gasteiger charge is 2.18. The molecule has 0 bridgehead atoms. The van der Waals surface area contributed by atoms with Crippen molar-refractivity contribution in [2.24, 2.45) is 10.9 Å². The zero-order valence-corrected chi connectivity index (χ0v) is 12.6. The molecule has 0 unspecified atom stereocenters. The van der Waals surface area contributed by atoms with E-state index in [2.05, 4.69) is 32.7 Å². The Labute approximate surface area is 116 Å². The van der Waals surface area contributed by atoms with Crippen LogP contribution in [0, 0.1) is 17.2 Å². The molecule has 0 saturated heterocycles. The summed E-state index contributed by atoms with van der Waals surface area (Å²) in [6.07, 6.45) is 1.40. The van der Waals surface area contributed by atoms with Crippen LogP contribution in [0.1, 0.15) is 34.6 Å². The third-order valence-corrected chi connectivity index (χ3v) is 2.95. The Bertz CT molecular complexity index is 324. The van der Waals surface area contributed by atoms with E-state index < -0.39 is 11.9 Å². The summed E-state index contributed by atoms with van der Waals surface area (Å²) in [6, 6.07) is 2.96. The van der Waals surface area contributed by atoms with E-state index in [4.69, 9.17) is 10.00 Å². The largest absolute Gasteiger partial charge is 0.465 e. The van der Waals surface area contributed by atoms with E-state index in [-0.39, 0.29) is 6.61 Å². The Morgan fingerprint density at radius 3 is 2.37 bits per heavy atom. The molecule has 0 fully saturated rings. The highest BCUT2D eigenvalue weighted by molar-refractivity contribution is 5.92. The Morgan fingerprint density at radius 2 is 1.95 bits per heavy atom. The van der Waals surface area contributed by atoms with Crippen molar-refractivity contribution in [2.75, 3.05) is 19.7 Å². The molecule has 19 heavy (non-hydrogen) atoms. The fraction of sp³-hybridized carbons (Fsp3) is 0.786. The number of carbonyl (C=O) groups excluding carboxylic acids is 1. The number of aliphatic imine (C=N–C) groups is 1. The van der Waals surface area contributed by atoms with E-state index in [9.17, 15) is 4.79 Å². The zero-order chi connectivity index (χ0) is 14.8. The Balaban J connectivity index is 4.27. The van der Waals surface area contributed by atoms with Crippen LogP contribution in [0.2, 0.25) is 0 Å². The summed E-state index contributed by atoms with van der Waals surface area (Å²) in [5.74, 6) is -1.41. The quantitative estimate of drug-likeness (QED) is 0.514. The van der Waals surface area contributed by atoms with Crippen molar-refractivity contribution in [3.63, 3.8) is 0 Å². The number of nitrogens with zero attached hydrogens (tertiary/aromatic N) is 2. The van der Waals surface area contributed by atoms with Crippen molar-refractivity contribution < 1.29 is 14.4 Å². The van der Waals surface area contributed by atoms with Gasteiger partial charge in [-0.15, -0.1) is 0 Å². The molecule has 0 aromatic heterocycles. The molecule has 1 atom stereocenters. The summed E-state index contributed by atoms with van der Waals surface area (Å²) in [5.41, 5.74) is 0. The Hall–Kier alpha value is -1.41. The van der Waals surface area contributed by atoms with E-state index >= 15 is 0 Å². The van der Waals surface area contributed by atoms with Crippen molar-refractivity contribution >= 4 is 12.2 Å². The average Bonchev–Trinajstić information content (AvgIpc) is 2.32. The monoisotopic (exact) mass is 268 g/mol. The second-order valence-corrected chi connectivity index (χ2v) is 5.05. The van der Waals surface area contributed by atoms with Gasteiger partial charge in [0, 0.05) is 6.21 Å². The third-order valence-electron chi connectivity index (χ3n) is 2.95. The maximum Gasteiger partial charge on any atom is 0.328 e. The molecule has 5 heteroatoms. The predicted octanol–water partition coefficient (Wildman–Crippen LogP) is 0.462. The second kappa shape index (κ2) is 9.51. The minimum atomic E-state index is -0.887. The van der Waals surface area contributed by atoms with Gasteiger partial charge in [0.2, 0.25) is 0 Å². The van der Waals surface area contributed by atoms with Crippen LogP contribution in [-0.2, 0) is 9.53 Å². The molecule has 0 aromatic carbocycles. The number of nitrogens with one attached hydrogen (secondary N) is 1. The van der Waals surface area contributed by atoms with Gasteiger partial charge >= 0.3 is 5.97 Å². The second-order valence-electron chi connectivity index (χ2n) is 5.05. The molecular weight excluding hydrogens is 242 g/mol. The summed E-state index contributed by atoms with van der Waals surface area (Å²) in [6.45, 7) is 12.2. The number of rotatable bonds is 8. The first-order chi connectivity index (χ1) is 8.93. The number of carbonyl (C=O) groups is 1. The smallest absolute Gasteiger partial charge is 0.328 e. The van der Waals surface area contributed by atoms with Gasteiger partial charge in [-0.3, -0.25) is 9.79 Å². The minimum absolute atomic E-state index is 0.281. The molecule has 0 radical (unpaired) electrons. The topological polar surface area (TPSA) is 66.9 Å². The van der Waals surface area contributed by atoms with Crippen LogP contribution >= 0.6 is 0 Å². The lowest BCUT2D eigenvalue weighted by Crippen LogP contribution is -3.18. The third kappa shape index (κ3) is 6.92. The van der Waals surface area contributed by atoms with E-state index in [1.54, 1.807) is 6.92 Å². The maximum absolute atomic E-state index is 11.4. The van der Waals surface area contributed by atoms with Crippen LogP contribution in [0.3, 0.4) is 0 Å². The molecule has 0 spiro atoms. The fourth-order valence-corrected chi connectivity index (χ4v) is 2.00. The lowest BCUT2D eigenvalue weighted by molar-refractivity contribution is -0.940. The minimum Gasteiger partial charge on any atom is -0.465 e. The molecule has 5 nitrogen and oxygen atoms in total. The molecule has 0 saturated carbocycles. The predicted molar refractivity (Wildman–Crippen MR) is 75.2 cm³/mol. The molecule has 0 amide bonds. The first-order valence-electron chi connectivity index (χ1n) is 6.85. The summed E-state index contributed by atoms with van der Waals surface area (Å²) in [5, 5.41) is 8.86. The summed E-state index contributed by atoms with van der Waals surface area (Å²) >= 11 is 0. The highest BCUT2D eigenvalue weighted by Crippen LogP contribution is 1.94. The van der Waals surface area contributed by atoms with E-state index in [1.165, 1.54) is 11.1 Å². The summed E-state index contributed by atoms with van der Waals surface area (Å²) in [4.78, 5) is 17.0. The van der Waals surface area contributed by atoms with Gasteiger partial charge in [-0.2, -0.15) is 5.26 Å². The average molecular weight is 268 g/mol. The molecular formula is C14H26N3O2+. The van der Waals surface area contributed by atoms with Crippen LogP contribution in [0.4, 0.5) is 0 Å².